The number of rotatable bonds is 6. The van der Waals surface area contributed by atoms with E-state index < -0.39 is 46.8 Å². The number of likely N-dealkylation sites (tertiary alicyclic amines) is 1. The number of aromatic nitrogens is 2. The molecule has 31 heavy (non-hydrogen) atoms. The Bertz CT molecular complexity index is 892. The van der Waals surface area contributed by atoms with Gasteiger partial charge >= 0.3 is 7.12 Å². The summed E-state index contributed by atoms with van der Waals surface area (Å²) in [6.45, 7) is 7.64. The highest BCUT2D eigenvalue weighted by atomic mass is 32.2. The van der Waals surface area contributed by atoms with Crippen molar-refractivity contribution in [2.45, 2.75) is 63.0 Å². The fraction of sp³-hybridized carbons (Fsp3) is 0.737. The monoisotopic (exact) mass is 455 g/mol. The topological polar surface area (TPSA) is 139 Å². The molecule has 2 saturated heterocycles. The molecular weight excluding hydrogens is 425 g/mol. The molecule has 172 valence electrons. The summed E-state index contributed by atoms with van der Waals surface area (Å²) in [4.78, 5) is 21.6. The van der Waals surface area contributed by atoms with Gasteiger partial charge in [-0.25, -0.2) is 18.4 Å². The third-order valence-corrected chi connectivity index (χ3v) is 7.87. The lowest BCUT2D eigenvalue weighted by atomic mass is 9.81. The average Bonchev–Trinajstić information content (AvgIpc) is 2.94. The number of carbonyl (C=O) groups excluding carboxylic acids is 1. The molecule has 3 heterocycles. The van der Waals surface area contributed by atoms with Crippen LogP contribution in [0.3, 0.4) is 0 Å². The fourth-order valence-electron chi connectivity index (χ4n) is 3.66. The fourth-order valence-corrected chi connectivity index (χ4v) is 5.13. The predicted octanol–water partition coefficient (Wildman–Crippen LogP) is -0.859. The first kappa shape index (κ1) is 24.1. The lowest BCUT2D eigenvalue weighted by Crippen LogP contribution is -2.47. The van der Waals surface area contributed by atoms with E-state index in [-0.39, 0.29) is 23.4 Å². The minimum atomic E-state index is -3.77. The highest BCUT2D eigenvalue weighted by molar-refractivity contribution is 7.91. The smallest absolute Gasteiger partial charge is 0.399 e. The van der Waals surface area contributed by atoms with Gasteiger partial charge < -0.3 is 24.4 Å². The Kier molecular flexibility index (Phi) is 6.78. The van der Waals surface area contributed by atoms with Crippen LogP contribution in [0.15, 0.2) is 17.6 Å². The number of sulfone groups is 1. The SMILES string of the molecule is CC1(C)OB(c2cnc(S(=O)(=O)C[C@H]3CCCN(C(=O)[C@H](O)CO)C3)nc2)OC1(C)C. The molecule has 1 amide bonds. The number of aliphatic hydroxyl groups is 2. The zero-order chi connectivity index (χ0) is 23.0. The van der Waals surface area contributed by atoms with E-state index >= 15 is 0 Å². The molecule has 10 nitrogen and oxygen atoms in total. The second kappa shape index (κ2) is 8.74. The van der Waals surface area contributed by atoms with Crippen molar-refractivity contribution < 1.29 is 32.7 Å². The minimum absolute atomic E-state index is 0.196. The lowest BCUT2D eigenvalue weighted by Gasteiger charge is -2.33. The van der Waals surface area contributed by atoms with E-state index in [2.05, 4.69) is 9.97 Å². The summed E-state index contributed by atoms with van der Waals surface area (Å²) in [6, 6.07) is 0. The number of carbonyl (C=O) groups is 1. The van der Waals surface area contributed by atoms with Crippen molar-refractivity contribution in [2.24, 2.45) is 5.92 Å². The first-order chi connectivity index (χ1) is 14.4. The van der Waals surface area contributed by atoms with Gasteiger partial charge in [-0.2, -0.15) is 0 Å². The second-order valence-electron chi connectivity index (χ2n) is 9.16. The molecule has 2 fully saturated rings. The van der Waals surface area contributed by atoms with Crippen molar-refractivity contribution in [3.8, 4) is 0 Å². The Balaban J connectivity index is 1.67. The van der Waals surface area contributed by atoms with Crippen molar-refractivity contribution in [1.82, 2.24) is 14.9 Å². The summed E-state index contributed by atoms with van der Waals surface area (Å²) in [5.41, 5.74) is -0.530. The van der Waals surface area contributed by atoms with Crippen LogP contribution in [0.1, 0.15) is 40.5 Å². The molecule has 3 rings (SSSR count). The minimum Gasteiger partial charge on any atom is -0.399 e. The van der Waals surface area contributed by atoms with Crippen molar-refractivity contribution in [2.75, 3.05) is 25.4 Å². The number of hydrogen-bond donors (Lipinski definition) is 2. The van der Waals surface area contributed by atoms with Crippen molar-refractivity contribution in [1.29, 1.82) is 0 Å². The number of piperidine rings is 1. The quantitative estimate of drug-likeness (QED) is 0.414. The molecule has 2 aliphatic rings. The normalized spacial score (nSPS) is 24.3. The summed E-state index contributed by atoms with van der Waals surface area (Å²) >= 11 is 0. The van der Waals surface area contributed by atoms with Crippen LogP contribution in [-0.4, -0.2) is 89.3 Å². The molecule has 1 aromatic rings. The predicted molar refractivity (Wildman–Crippen MR) is 112 cm³/mol. The molecule has 0 unspecified atom stereocenters. The maximum atomic E-state index is 12.8. The van der Waals surface area contributed by atoms with Crippen LogP contribution in [0.25, 0.3) is 0 Å². The molecule has 0 aliphatic carbocycles. The highest BCUT2D eigenvalue weighted by Gasteiger charge is 2.52. The van der Waals surface area contributed by atoms with E-state index in [1.165, 1.54) is 17.3 Å². The van der Waals surface area contributed by atoms with Crippen molar-refractivity contribution in [3.05, 3.63) is 12.4 Å². The summed E-state index contributed by atoms with van der Waals surface area (Å²) in [7, 11) is -4.46. The average molecular weight is 455 g/mol. The Morgan fingerprint density at radius 2 is 1.84 bits per heavy atom. The summed E-state index contributed by atoms with van der Waals surface area (Å²) < 4.78 is 37.5. The molecule has 0 saturated carbocycles. The number of amides is 1. The summed E-state index contributed by atoms with van der Waals surface area (Å²) in [5, 5.41) is 18.2. The van der Waals surface area contributed by atoms with Crippen molar-refractivity contribution in [3.63, 3.8) is 0 Å². The molecule has 2 atom stereocenters. The zero-order valence-corrected chi connectivity index (χ0v) is 19.1. The zero-order valence-electron chi connectivity index (χ0n) is 18.3. The first-order valence-corrected chi connectivity index (χ1v) is 12.0. The van der Waals surface area contributed by atoms with Crippen LogP contribution in [0.5, 0.6) is 0 Å². The highest BCUT2D eigenvalue weighted by Crippen LogP contribution is 2.36. The van der Waals surface area contributed by atoms with Crippen LogP contribution in [0, 0.1) is 5.92 Å². The van der Waals surface area contributed by atoms with Crippen LogP contribution >= 0.6 is 0 Å². The third-order valence-electron chi connectivity index (χ3n) is 6.20. The molecule has 0 aromatic carbocycles. The van der Waals surface area contributed by atoms with Crippen LogP contribution in [0.2, 0.25) is 0 Å². The molecule has 0 radical (unpaired) electrons. The Labute approximate surface area is 183 Å². The lowest BCUT2D eigenvalue weighted by molar-refractivity contribution is -0.143. The van der Waals surface area contributed by atoms with Gasteiger partial charge in [0.1, 0.15) is 0 Å². The van der Waals surface area contributed by atoms with Crippen molar-refractivity contribution >= 4 is 28.3 Å². The van der Waals surface area contributed by atoms with Gasteiger partial charge in [-0.3, -0.25) is 4.79 Å². The van der Waals surface area contributed by atoms with E-state index in [9.17, 15) is 18.3 Å². The van der Waals surface area contributed by atoms with E-state index in [4.69, 9.17) is 14.4 Å². The van der Waals surface area contributed by atoms with E-state index in [0.29, 0.717) is 24.8 Å². The van der Waals surface area contributed by atoms with Crippen LogP contribution < -0.4 is 5.46 Å². The molecule has 12 heteroatoms. The van der Waals surface area contributed by atoms with Gasteiger partial charge in [0.25, 0.3) is 5.91 Å². The number of aliphatic hydroxyl groups excluding tert-OH is 2. The van der Waals surface area contributed by atoms with Gasteiger partial charge in [-0.15, -0.1) is 0 Å². The number of nitrogens with zero attached hydrogens (tertiary/aromatic N) is 3. The molecule has 0 spiro atoms. The van der Waals surface area contributed by atoms with E-state index in [1.54, 1.807) is 0 Å². The van der Waals surface area contributed by atoms with Gasteiger partial charge in [0.05, 0.1) is 23.6 Å². The van der Waals surface area contributed by atoms with E-state index in [0.717, 1.165) is 0 Å². The summed E-state index contributed by atoms with van der Waals surface area (Å²) in [5.74, 6) is -1.10. The molecule has 0 bridgehead atoms. The molecule has 2 N–H and O–H groups in total. The number of hydrogen-bond acceptors (Lipinski definition) is 9. The van der Waals surface area contributed by atoms with Gasteiger partial charge in [-0.1, -0.05) is 0 Å². The molecule has 1 aromatic heterocycles. The Morgan fingerprint density at radius 1 is 1.26 bits per heavy atom. The van der Waals surface area contributed by atoms with Gasteiger partial charge in [0.2, 0.25) is 15.0 Å². The van der Waals surface area contributed by atoms with Gasteiger partial charge in [0.15, 0.2) is 6.10 Å². The first-order valence-electron chi connectivity index (χ1n) is 10.3. The summed E-state index contributed by atoms with van der Waals surface area (Å²) in [6.07, 6.45) is 2.56. The van der Waals surface area contributed by atoms with Crippen LogP contribution in [-0.2, 0) is 23.9 Å². The molecular formula is C19H30BN3O7S. The Morgan fingerprint density at radius 3 is 2.39 bits per heavy atom. The Hall–Kier alpha value is -1.60. The maximum absolute atomic E-state index is 12.8. The third kappa shape index (κ3) is 5.09. The standard InChI is InChI=1S/C19H30BN3O7S/c1-18(2)19(3,4)30-20(29-18)14-8-21-17(22-9-14)31(27,28)12-13-6-5-7-23(10-13)16(26)15(25)11-24/h8-9,13,15,24-25H,5-7,10-12H2,1-4H3/t13-,15+/m0/s1. The van der Waals surface area contributed by atoms with Gasteiger partial charge in [0, 0.05) is 30.9 Å². The van der Waals surface area contributed by atoms with E-state index in [1.807, 2.05) is 27.7 Å². The molecule has 2 aliphatic heterocycles. The van der Waals surface area contributed by atoms with Gasteiger partial charge in [-0.05, 0) is 46.5 Å². The largest absolute Gasteiger partial charge is 0.498 e. The maximum Gasteiger partial charge on any atom is 0.498 e. The second-order valence-corrected chi connectivity index (χ2v) is 11.1. The van der Waals surface area contributed by atoms with Crippen LogP contribution in [0.4, 0.5) is 0 Å².